The minimum absolute atomic E-state index is 0.266. The van der Waals surface area contributed by atoms with E-state index < -0.39 is 0 Å². The largest absolute Gasteiger partial charge is 0.506 e. The van der Waals surface area contributed by atoms with Gasteiger partial charge in [-0.1, -0.05) is 18.0 Å². The molecule has 1 atom stereocenters. The molecule has 2 N–H and O–H groups in total. The van der Waals surface area contributed by atoms with Gasteiger partial charge in [0.25, 0.3) is 0 Å². The Morgan fingerprint density at radius 3 is 2.82 bits per heavy atom. The van der Waals surface area contributed by atoms with E-state index in [1.54, 1.807) is 0 Å². The van der Waals surface area contributed by atoms with Crippen molar-refractivity contribution in [3.8, 4) is 5.75 Å². The fourth-order valence-electron chi connectivity index (χ4n) is 2.52. The standard InChI is InChI=1S/C14H20ClNO/c1-9-7-13(15)14(17)12(10(9)2)8-11-5-3-4-6-16-11/h7,11,16-17H,3-6,8H2,1-2H3. The van der Waals surface area contributed by atoms with Crippen LogP contribution >= 0.6 is 11.6 Å². The van der Waals surface area contributed by atoms with Gasteiger partial charge in [-0.2, -0.15) is 0 Å². The number of aromatic hydroxyl groups is 1. The third-order valence-electron chi connectivity index (χ3n) is 3.76. The Balaban J connectivity index is 2.24. The molecule has 0 aromatic heterocycles. The van der Waals surface area contributed by atoms with Gasteiger partial charge in [-0.15, -0.1) is 0 Å². The quantitative estimate of drug-likeness (QED) is 0.847. The van der Waals surface area contributed by atoms with Gasteiger partial charge in [0.2, 0.25) is 0 Å². The summed E-state index contributed by atoms with van der Waals surface area (Å²) in [5, 5.41) is 14.1. The molecule has 3 heteroatoms. The Morgan fingerprint density at radius 1 is 1.41 bits per heavy atom. The van der Waals surface area contributed by atoms with Crippen LogP contribution in [-0.2, 0) is 6.42 Å². The number of phenolic OH excluding ortho intramolecular Hbond substituents is 1. The predicted molar refractivity (Wildman–Crippen MR) is 71.9 cm³/mol. The van der Waals surface area contributed by atoms with Crippen LogP contribution in [0.2, 0.25) is 5.02 Å². The van der Waals surface area contributed by atoms with E-state index in [0.29, 0.717) is 11.1 Å². The SMILES string of the molecule is Cc1cc(Cl)c(O)c(CC2CCCCN2)c1C. The van der Waals surface area contributed by atoms with Crippen molar-refractivity contribution < 1.29 is 5.11 Å². The van der Waals surface area contributed by atoms with E-state index in [-0.39, 0.29) is 5.75 Å². The first-order chi connectivity index (χ1) is 8.09. The summed E-state index contributed by atoms with van der Waals surface area (Å²) in [4.78, 5) is 0. The van der Waals surface area contributed by atoms with Gasteiger partial charge in [0.1, 0.15) is 5.75 Å². The maximum absolute atomic E-state index is 10.1. The van der Waals surface area contributed by atoms with Gasteiger partial charge in [0.15, 0.2) is 0 Å². The molecule has 0 aliphatic carbocycles. The summed E-state index contributed by atoms with van der Waals surface area (Å²) in [6.45, 7) is 5.19. The number of piperidine rings is 1. The lowest BCUT2D eigenvalue weighted by Gasteiger charge is -2.25. The number of hydrogen-bond donors (Lipinski definition) is 2. The number of phenols is 1. The van der Waals surface area contributed by atoms with E-state index >= 15 is 0 Å². The Morgan fingerprint density at radius 2 is 2.18 bits per heavy atom. The van der Waals surface area contributed by atoms with Gasteiger partial charge in [0.05, 0.1) is 5.02 Å². The molecule has 0 spiro atoms. The fourth-order valence-corrected chi connectivity index (χ4v) is 2.80. The summed E-state index contributed by atoms with van der Waals surface area (Å²) >= 11 is 6.04. The molecule has 1 aliphatic heterocycles. The Kier molecular flexibility index (Phi) is 3.95. The average molecular weight is 254 g/mol. The van der Waals surface area contributed by atoms with Gasteiger partial charge in [-0.05, 0) is 56.8 Å². The van der Waals surface area contributed by atoms with Gasteiger partial charge in [-0.3, -0.25) is 0 Å². The van der Waals surface area contributed by atoms with Crippen LogP contribution in [0.3, 0.4) is 0 Å². The molecule has 1 saturated heterocycles. The molecule has 1 fully saturated rings. The Bertz CT molecular complexity index is 385. The minimum atomic E-state index is 0.266. The van der Waals surface area contributed by atoms with Crippen LogP contribution in [0, 0.1) is 13.8 Å². The van der Waals surface area contributed by atoms with Gasteiger partial charge >= 0.3 is 0 Å². The summed E-state index contributed by atoms with van der Waals surface area (Å²) in [5.41, 5.74) is 3.33. The highest BCUT2D eigenvalue weighted by molar-refractivity contribution is 6.32. The van der Waals surface area contributed by atoms with Crippen molar-refractivity contribution in [2.24, 2.45) is 0 Å². The van der Waals surface area contributed by atoms with Crippen molar-refractivity contribution >= 4 is 11.6 Å². The highest BCUT2D eigenvalue weighted by Crippen LogP contribution is 2.33. The lowest BCUT2D eigenvalue weighted by Crippen LogP contribution is -2.35. The van der Waals surface area contributed by atoms with Crippen molar-refractivity contribution in [1.29, 1.82) is 0 Å². The number of hydrogen-bond acceptors (Lipinski definition) is 2. The number of nitrogens with one attached hydrogen (secondary N) is 1. The molecule has 94 valence electrons. The molecule has 0 amide bonds. The predicted octanol–water partition coefficient (Wildman–Crippen LogP) is 3.35. The van der Waals surface area contributed by atoms with Crippen LogP contribution in [0.15, 0.2) is 6.07 Å². The van der Waals surface area contributed by atoms with Crippen LogP contribution in [0.25, 0.3) is 0 Å². The van der Waals surface area contributed by atoms with Crippen LogP contribution < -0.4 is 5.32 Å². The first-order valence-electron chi connectivity index (χ1n) is 6.30. The molecule has 2 rings (SSSR count). The summed E-state index contributed by atoms with van der Waals surface area (Å²) in [6, 6.07) is 2.32. The Hall–Kier alpha value is -0.730. The van der Waals surface area contributed by atoms with Gasteiger partial charge in [-0.25, -0.2) is 0 Å². The minimum Gasteiger partial charge on any atom is -0.506 e. The van der Waals surface area contributed by atoms with Crippen LogP contribution in [0.5, 0.6) is 5.75 Å². The molecule has 2 nitrogen and oxygen atoms in total. The van der Waals surface area contributed by atoms with E-state index in [1.165, 1.54) is 24.8 Å². The summed E-state index contributed by atoms with van der Waals surface area (Å²) in [5.74, 6) is 0.266. The first-order valence-corrected chi connectivity index (χ1v) is 6.68. The van der Waals surface area contributed by atoms with Crippen molar-refractivity contribution in [3.05, 3.63) is 27.8 Å². The van der Waals surface area contributed by atoms with Crippen LogP contribution in [-0.4, -0.2) is 17.7 Å². The normalized spacial score (nSPS) is 20.5. The summed E-state index contributed by atoms with van der Waals surface area (Å²) in [7, 11) is 0. The molecule has 1 aliphatic rings. The van der Waals surface area contributed by atoms with Gasteiger partial charge in [0, 0.05) is 11.6 Å². The maximum Gasteiger partial charge on any atom is 0.137 e. The molecular weight excluding hydrogens is 234 g/mol. The van der Waals surface area contributed by atoms with Crippen molar-refractivity contribution in [2.75, 3.05) is 6.54 Å². The number of rotatable bonds is 2. The molecule has 17 heavy (non-hydrogen) atoms. The molecule has 1 heterocycles. The van der Waals surface area contributed by atoms with Crippen LogP contribution in [0.1, 0.15) is 36.0 Å². The smallest absolute Gasteiger partial charge is 0.137 e. The molecule has 0 bridgehead atoms. The number of benzene rings is 1. The zero-order chi connectivity index (χ0) is 12.4. The highest BCUT2D eigenvalue weighted by atomic mass is 35.5. The number of halogens is 1. The Labute approximate surface area is 108 Å². The molecule has 1 aromatic rings. The average Bonchev–Trinajstić information content (AvgIpc) is 2.33. The fraction of sp³-hybridized carbons (Fsp3) is 0.571. The summed E-state index contributed by atoms with van der Waals surface area (Å²) in [6.07, 6.45) is 4.59. The maximum atomic E-state index is 10.1. The second-order valence-electron chi connectivity index (χ2n) is 4.98. The molecule has 0 radical (unpaired) electrons. The lowest BCUT2D eigenvalue weighted by atomic mass is 9.93. The third kappa shape index (κ3) is 2.75. The van der Waals surface area contributed by atoms with Gasteiger partial charge < -0.3 is 10.4 Å². The van der Waals surface area contributed by atoms with Crippen molar-refractivity contribution in [1.82, 2.24) is 5.32 Å². The highest BCUT2D eigenvalue weighted by Gasteiger charge is 2.18. The van der Waals surface area contributed by atoms with Crippen LogP contribution in [0.4, 0.5) is 0 Å². The van der Waals surface area contributed by atoms with E-state index in [0.717, 1.165) is 24.1 Å². The van der Waals surface area contributed by atoms with E-state index in [4.69, 9.17) is 11.6 Å². The van der Waals surface area contributed by atoms with Crippen molar-refractivity contribution in [2.45, 2.75) is 45.6 Å². The second-order valence-corrected chi connectivity index (χ2v) is 5.39. The topological polar surface area (TPSA) is 32.3 Å². The third-order valence-corrected chi connectivity index (χ3v) is 4.05. The van der Waals surface area contributed by atoms with Crippen molar-refractivity contribution in [3.63, 3.8) is 0 Å². The first kappa shape index (κ1) is 12.7. The summed E-state index contributed by atoms with van der Waals surface area (Å²) < 4.78 is 0. The molecule has 1 unspecified atom stereocenters. The van der Waals surface area contributed by atoms with E-state index in [2.05, 4.69) is 12.2 Å². The zero-order valence-electron chi connectivity index (χ0n) is 10.5. The molecule has 0 saturated carbocycles. The van der Waals surface area contributed by atoms with E-state index in [1.807, 2.05) is 13.0 Å². The van der Waals surface area contributed by atoms with E-state index in [9.17, 15) is 5.11 Å². The molecular formula is C14H20ClNO. The monoisotopic (exact) mass is 253 g/mol. The lowest BCUT2D eigenvalue weighted by molar-refractivity contribution is 0.391. The zero-order valence-corrected chi connectivity index (χ0v) is 11.3. The number of aryl methyl sites for hydroxylation is 1. The molecule has 1 aromatic carbocycles. The second kappa shape index (κ2) is 5.28.